The number of carbonyl (C=O) groups is 1. The molecule has 0 aliphatic rings. The summed E-state index contributed by atoms with van der Waals surface area (Å²) in [6.07, 6.45) is 0. The summed E-state index contributed by atoms with van der Waals surface area (Å²) >= 11 is 0. The van der Waals surface area contributed by atoms with Crippen LogP contribution in [0.4, 0.5) is 10.1 Å². The lowest BCUT2D eigenvalue weighted by Crippen LogP contribution is -2.85. The number of quaternary nitrogens is 1. The monoisotopic (exact) mass is 365 g/mol. The summed E-state index contributed by atoms with van der Waals surface area (Å²) in [5, 5.41) is 4.76. The normalized spacial score (nSPS) is 11.6. The maximum Gasteiger partial charge on any atom is 0.287 e. The van der Waals surface area contributed by atoms with Gasteiger partial charge in [0, 0.05) is 22.9 Å². The summed E-state index contributed by atoms with van der Waals surface area (Å²) in [4.78, 5) is 12.9. The SMILES string of the molecule is COc1cccc(NC(=O)[C@@H]([NH2+]Cc2ccccc2F)c2ccccc2)c1. The first-order valence-electron chi connectivity index (χ1n) is 8.74. The van der Waals surface area contributed by atoms with Crippen molar-refractivity contribution >= 4 is 11.6 Å². The Hall–Kier alpha value is -3.18. The third kappa shape index (κ3) is 4.92. The van der Waals surface area contributed by atoms with E-state index in [0.717, 1.165) is 5.56 Å². The highest BCUT2D eigenvalue weighted by atomic mass is 19.1. The van der Waals surface area contributed by atoms with Crippen molar-refractivity contribution in [1.29, 1.82) is 0 Å². The molecule has 0 heterocycles. The van der Waals surface area contributed by atoms with Gasteiger partial charge in [0.1, 0.15) is 18.1 Å². The fourth-order valence-electron chi connectivity index (χ4n) is 2.88. The number of amides is 1. The molecular weight excluding hydrogens is 343 g/mol. The Kier molecular flexibility index (Phi) is 6.18. The second-order valence-corrected chi connectivity index (χ2v) is 6.14. The van der Waals surface area contributed by atoms with Crippen molar-refractivity contribution in [2.45, 2.75) is 12.6 Å². The van der Waals surface area contributed by atoms with Crippen LogP contribution in [-0.2, 0) is 11.3 Å². The van der Waals surface area contributed by atoms with E-state index in [-0.39, 0.29) is 11.7 Å². The van der Waals surface area contributed by atoms with E-state index in [1.54, 1.807) is 37.4 Å². The molecule has 3 N–H and O–H groups in total. The maximum absolute atomic E-state index is 13.9. The molecule has 138 valence electrons. The number of halogens is 1. The molecule has 3 aromatic rings. The van der Waals surface area contributed by atoms with Crippen LogP contribution < -0.4 is 15.4 Å². The molecule has 0 radical (unpaired) electrons. The minimum Gasteiger partial charge on any atom is -0.497 e. The highest BCUT2D eigenvalue weighted by Gasteiger charge is 2.24. The van der Waals surface area contributed by atoms with Gasteiger partial charge in [-0.2, -0.15) is 0 Å². The van der Waals surface area contributed by atoms with E-state index in [0.29, 0.717) is 23.5 Å². The average molecular weight is 365 g/mol. The summed E-state index contributed by atoms with van der Waals surface area (Å²) in [6, 6.07) is 22.8. The maximum atomic E-state index is 13.9. The van der Waals surface area contributed by atoms with Crippen LogP contribution >= 0.6 is 0 Å². The fourth-order valence-corrected chi connectivity index (χ4v) is 2.88. The molecule has 0 aromatic heterocycles. The zero-order chi connectivity index (χ0) is 19.1. The van der Waals surface area contributed by atoms with Gasteiger partial charge in [-0.15, -0.1) is 0 Å². The van der Waals surface area contributed by atoms with E-state index in [9.17, 15) is 9.18 Å². The Morgan fingerprint density at radius 2 is 1.78 bits per heavy atom. The Labute approximate surface area is 158 Å². The molecular formula is C22H22FN2O2+. The highest BCUT2D eigenvalue weighted by Crippen LogP contribution is 2.18. The Balaban J connectivity index is 1.79. The molecule has 3 rings (SSSR count). The summed E-state index contributed by atoms with van der Waals surface area (Å²) in [5.74, 6) is 0.221. The van der Waals surface area contributed by atoms with Crippen LogP contribution in [0.1, 0.15) is 17.2 Å². The molecule has 0 unspecified atom stereocenters. The molecule has 0 fully saturated rings. The van der Waals surface area contributed by atoms with Crippen LogP contribution in [0.15, 0.2) is 78.9 Å². The van der Waals surface area contributed by atoms with Gasteiger partial charge in [0.25, 0.3) is 5.91 Å². The van der Waals surface area contributed by atoms with Crippen molar-refractivity contribution < 1.29 is 19.2 Å². The van der Waals surface area contributed by atoms with Crippen molar-refractivity contribution in [2.75, 3.05) is 12.4 Å². The number of carbonyl (C=O) groups excluding carboxylic acids is 1. The molecule has 0 spiro atoms. The first-order chi connectivity index (χ1) is 13.2. The largest absolute Gasteiger partial charge is 0.497 e. The Morgan fingerprint density at radius 1 is 1.04 bits per heavy atom. The van der Waals surface area contributed by atoms with Crippen LogP contribution in [0.25, 0.3) is 0 Å². The summed E-state index contributed by atoms with van der Waals surface area (Å²) in [6.45, 7) is 0.359. The molecule has 0 aliphatic carbocycles. The van der Waals surface area contributed by atoms with Gasteiger partial charge in [0.05, 0.1) is 7.11 Å². The Morgan fingerprint density at radius 3 is 2.52 bits per heavy atom. The molecule has 0 saturated heterocycles. The van der Waals surface area contributed by atoms with Gasteiger partial charge in [0.15, 0.2) is 6.04 Å². The number of nitrogens with one attached hydrogen (secondary N) is 1. The topological polar surface area (TPSA) is 54.9 Å². The zero-order valence-corrected chi connectivity index (χ0v) is 15.1. The molecule has 1 atom stereocenters. The third-order valence-electron chi connectivity index (χ3n) is 4.31. The lowest BCUT2D eigenvalue weighted by molar-refractivity contribution is -0.698. The summed E-state index contributed by atoms with van der Waals surface area (Å²) < 4.78 is 19.1. The standard InChI is InChI=1S/C22H21FN2O2/c1-27-19-12-7-11-18(14-19)25-22(26)21(16-8-3-2-4-9-16)24-15-17-10-5-6-13-20(17)23/h2-14,21,24H,15H2,1H3,(H,25,26)/p+1/t21-/m0/s1. The molecule has 1 amide bonds. The number of rotatable bonds is 7. The quantitative estimate of drug-likeness (QED) is 0.675. The van der Waals surface area contributed by atoms with Gasteiger partial charge in [-0.25, -0.2) is 4.39 Å². The van der Waals surface area contributed by atoms with Gasteiger partial charge in [-0.05, 0) is 18.2 Å². The number of hydrogen-bond acceptors (Lipinski definition) is 2. The summed E-state index contributed by atoms with van der Waals surface area (Å²) in [5.41, 5.74) is 2.07. The fraction of sp³-hybridized carbons (Fsp3) is 0.136. The molecule has 27 heavy (non-hydrogen) atoms. The second kappa shape index (κ2) is 8.96. The van der Waals surface area contributed by atoms with Crippen molar-refractivity contribution in [3.63, 3.8) is 0 Å². The number of hydrogen-bond donors (Lipinski definition) is 2. The minimum atomic E-state index is -0.503. The van der Waals surface area contributed by atoms with Gasteiger partial charge < -0.3 is 15.4 Å². The lowest BCUT2D eigenvalue weighted by Gasteiger charge is -2.16. The van der Waals surface area contributed by atoms with E-state index in [1.807, 2.05) is 47.8 Å². The zero-order valence-electron chi connectivity index (χ0n) is 15.1. The summed E-state index contributed by atoms with van der Waals surface area (Å²) in [7, 11) is 1.58. The second-order valence-electron chi connectivity index (χ2n) is 6.14. The number of methoxy groups -OCH3 is 1. The van der Waals surface area contributed by atoms with Gasteiger partial charge in [-0.3, -0.25) is 4.79 Å². The molecule has 5 heteroatoms. The van der Waals surface area contributed by atoms with Crippen LogP contribution in [0.5, 0.6) is 5.75 Å². The molecule has 4 nitrogen and oxygen atoms in total. The number of nitrogens with two attached hydrogens (primary N) is 1. The van der Waals surface area contributed by atoms with Crippen LogP contribution in [0.2, 0.25) is 0 Å². The molecule has 3 aromatic carbocycles. The van der Waals surface area contributed by atoms with Gasteiger partial charge >= 0.3 is 0 Å². The van der Waals surface area contributed by atoms with Gasteiger partial charge in [0.2, 0.25) is 0 Å². The predicted molar refractivity (Wildman–Crippen MR) is 103 cm³/mol. The third-order valence-corrected chi connectivity index (χ3v) is 4.31. The van der Waals surface area contributed by atoms with E-state index in [1.165, 1.54) is 6.07 Å². The van der Waals surface area contributed by atoms with E-state index < -0.39 is 6.04 Å². The van der Waals surface area contributed by atoms with Crippen LogP contribution in [0, 0.1) is 5.82 Å². The van der Waals surface area contributed by atoms with Crippen molar-refractivity contribution in [3.8, 4) is 5.75 Å². The first kappa shape index (κ1) is 18.6. The minimum absolute atomic E-state index is 0.175. The lowest BCUT2D eigenvalue weighted by atomic mass is 10.1. The highest BCUT2D eigenvalue weighted by molar-refractivity contribution is 5.94. The van der Waals surface area contributed by atoms with Gasteiger partial charge in [-0.1, -0.05) is 54.6 Å². The van der Waals surface area contributed by atoms with Crippen molar-refractivity contribution in [1.82, 2.24) is 0 Å². The number of ether oxygens (including phenoxy) is 1. The molecule has 0 bridgehead atoms. The van der Waals surface area contributed by atoms with E-state index >= 15 is 0 Å². The van der Waals surface area contributed by atoms with E-state index in [4.69, 9.17) is 4.74 Å². The smallest absolute Gasteiger partial charge is 0.287 e. The first-order valence-corrected chi connectivity index (χ1v) is 8.74. The molecule has 0 aliphatic heterocycles. The predicted octanol–water partition coefficient (Wildman–Crippen LogP) is 3.28. The van der Waals surface area contributed by atoms with Crippen LogP contribution in [0.3, 0.4) is 0 Å². The average Bonchev–Trinajstić information content (AvgIpc) is 2.70. The molecule has 0 saturated carbocycles. The van der Waals surface area contributed by atoms with Crippen LogP contribution in [-0.4, -0.2) is 13.0 Å². The van der Waals surface area contributed by atoms with Crippen molar-refractivity contribution in [2.24, 2.45) is 0 Å². The Bertz CT molecular complexity index is 900. The van der Waals surface area contributed by atoms with E-state index in [2.05, 4.69) is 5.32 Å². The van der Waals surface area contributed by atoms with Crippen molar-refractivity contribution in [3.05, 3.63) is 95.8 Å². The number of anilines is 1. The number of benzene rings is 3.